The normalized spacial score (nSPS) is 11.0. The fraction of sp³-hybridized carbons (Fsp3) is 0.273. The lowest BCUT2D eigenvalue weighted by atomic mass is 10.2. The predicted molar refractivity (Wildman–Crippen MR) is 65.5 cm³/mol. The zero-order chi connectivity index (χ0) is 11.3. The van der Waals surface area contributed by atoms with Crippen molar-refractivity contribution in [2.24, 2.45) is 10.1 Å². The molecule has 4 heteroatoms. The van der Waals surface area contributed by atoms with E-state index in [-0.39, 0.29) is 5.23 Å². The van der Waals surface area contributed by atoms with Crippen LogP contribution in [0, 0.1) is 6.92 Å². The van der Waals surface area contributed by atoms with Crippen molar-refractivity contribution in [3.63, 3.8) is 0 Å². The summed E-state index contributed by atoms with van der Waals surface area (Å²) >= 11 is 4.89. The van der Waals surface area contributed by atoms with E-state index in [2.05, 4.69) is 10.1 Å². The van der Waals surface area contributed by atoms with Crippen molar-refractivity contribution in [3.05, 3.63) is 29.8 Å². The van der Waals surface area contributed by atoms with Crippen molar-refractivity contribution in [2.75, 3.05) is 0 Å². The van der Waals surface area contributed by atoms with Gasteiger partial charge in [0.05, 0.1) is 11.4 Å². The standard InChI is InChI=1S/C11H14N2OS/c1-8(2)13-14-11(15)12-10-6-4-9(3)5-7-10/h4-7H,1-3H3,(H,12,15)/p-1. The largest absolute Gasteiger partial charge is 0.719 e. The second kappa shape index (κ2) is 5.46. The maximum absolute atomic E-state index is 4.89. The van der Waals surface area contributed by atoms with Crippen LogP contribution in [0.5, 0.6) is 0 Å². The summed E-state index contributed by atoms with van der Waals surface area (Å²) in [4.78, 5) is 8.96. The van der Waals surface area contributed by atoms with E-state index in [0.29, 0.717) is 0 Å². The summed E-state index contributed by atoms with van der Waals surface area (Å²) in [7, 11) is 0. The molecule has 15 heavy (non-hydrogen) atoms. The van der Waals surface area contributed by atoms with Gasteiger partial charge in [-0.1, -0.05) is 22.9 Å². The minimum Gasteiger partial charge on any atom is -0.719 e. The molecule has 0 saturated heterocycles. The van der Waals surface area contributed by atoms with Gasteiger partial charge in [-0.3, -0.25) is 0 Å². The van der Waals surface area contributed by atoms with Crippen LogP contribution in [-0.4, -0.2) is 10.9 Å². The molecule has 0 aliphatic heterocycles. The van der Waals surface area contributed by atoms with Crippen molar-refractivity contribution >= 4 is 29.3 Å². The Morgan fingerprint density at radius 2 is 1.80 bits per heavy atom. The van der Waals surface area contributed by atoms with Crippen molar-refractivity contribution in [1.82, 2.24) is 0 Å². The lowest BCUT2D eigenvalue weighted by Crippen LogP contribution is -1.96. The molecule has 0 radical (unpaired) electrons. The first-order chi connectivity index (χ1) is 7.08. The fourth-order valence-corrected chi connectivity index (χ4v) is 1.02. The van der Waals surface area contributed by atoms with Gasteiger partial charge in [-0.2, -0.15) is 0 Å². The second-order valence-corrected chi connectivity index (χ2v) is 3.69. The van der Waals surface area contributed by atoms with Gasteiger partial charge in [-0.15, -0.1) is 0 Å². The van der Waals surface area contributed by atoms with Crippen LogP contribution in [0.4, 0.5) is 5.69 Å². The third-order valence-corrected chi connectivity index (χ3v) is 1.73. The molecule has 1 aromatic carbocycles. The molecule has 3 nitrogen and oxygen atoms in total. The number of rotatable bonds is 2. The predicted octanol–water partition coefficient (Wildman–Crippen LogP) is 2.94. The van der Waals surface area contributed by atoms with Gasteiger partial charge in [-0.05, 0) is 32.9 Å². The molecule has 0 amide bonds. The van der Waals surface area contributed by atoms with Crippen LogP contribution in [0.3, 0.4) is 0 Å². The summed E-state index contributed by atoms with van der Waals surface area (Å²) in [5, 5.41) is 3.84. The molecular formula is C11H13N2OS-. The maximum atomic E-state index is 4.89. The summed E-state index contributed by atoms with van der Waals surface area (Å²) in [6, 6.07) is 7.70. The summed E-state index contributed by atoms with van der Waals surface area (Å²) in [6.07, 6.45) is 0. The molecule has 0 bridgehead atoms. The molecule has 0 saturated carbocycles. The van der Waals surface area contributed by atoms with Crippen molar-refractivity contribution in [1.29, 1.82) is 0 Å². The van der Waals surface area contributed by atoms with Gasteiger partial charge in [0.2, 0.25) is 0 Å². The third-order valence-electron chi connectivity index (χ3n) is 1.56. The Balaban J connectivity index is 2.70. The van der Waals surface area contributed by atoms with Crippen molar-refractivity contribution in [3.8, 4) is 0 Å². The lowest BCUT2D eigenvalue weighted by Gasteiger charge is -2.07. The Morgan fingerprint density at radius 3 is 2.33 bits per heavy atom. The van der Waals surface area contributed by atoms with Gasteiger partial charge in [0.25, 0.3) is 0 Å². The topological polar surface area (TPSA) is 34.0 Å². The second-order valence-electron chi connectivity index (χ2n) is 3.34. The van der Waals surface area contributed by atoms with Crippen LogP contribution in [-0.2, 0) is 17.5 Å². The van der Waals surface area contributed by atoms with E-state index in [1.807, 2.05) is 45.0 Å². The molecule has 0 aliphatic rings. The van der Waals surface area contributed by atoms with Crippen LogP contribution in [0.1, 0.15) is 19.4 Å². The van der Waals surface area contributed by atoms with Gasteiger partial charge < -0.3 is 17.5 Å². The number of aliphatic imine (C=N–C) groups is 1. The van der Waals surface area contributed by atoms with Gasteiger partial charge >= 0.3 is 0 Å². The number of aryl methyl sites for hydroxylation is 1. The van der Waals surface area contributed by atoms with Crippen LogP contribution >= 0.6 is 0 Å². The quantitative estimate of drug-likeness (QED) is 0.333. The molecule has 0 aliphatic carbocycles. The van der Waals surface area contributed by atoms with E-state index >= 15 is 0 Å². The minimum absolute atomic E-state index is 0.125. The molecule has 0 aromatic heterocycles. The van der Waals surface area contributed by atoms with E-state index in [1.54, 1.807) is 0 Å². The zero-order valence-corrected chi connectivity index (χ0v) is 9.84. The molecule has 0 fully saturated rings. The van der Waals surface area contributed by atoms with Gasteiger partial charge in [0.1, 0.15) is 5.23 Å². The Bertz CT molecular complexity index is 378. The number of oxime groups is 1. The number of hydrogen-bond acceptors (Lipinski definition) is 4. The Hall–Kier alpha value is -1.42. The molecule has 80 valence electrons. The molecule has 0 unspecified atom stereocenters. The van der Waals surface area contributed by atoms with Crippen LogP contribution in [0.2, 0.25) is 0 Å². The van der Waals surface area contributed by atoms with Gasteiger partial charge in [0.15, 0.2) is 0 Å². The van der Waals surface area contributed by atoms with E-state index < -0.39 is 0 Å². The molecule has 0 atom stereocenters. The lowest BCUT2D eigenvalue weighted by molar-refractivity contribution is 0.339. The summed E-state index contributed by atoms with van der Waals surface area (Å²) in [5.74, 6) is 0. The smallest absolute Gasteiger partial charge is 0.105 e. The first-order valence-electron chi connectivity index (χ1n) is 4.58. The highest BCUT2D eigenvalue weighted by atomic mass is 32.1. The number of benzene rings is 1. The highest BCUT2D eigenvalue weighted by Gasteiger charge is 1.88. The monoisotopic (exact) mass is 221 g/mol. The molecule has 0 heterocycles. The van der Waals surface area contributed by atoms with E-state index in [0.717, 1.165) is 11.4 Å². The van der Waals surface area contributed by atoms with Crippen LogP contribution in [0.25, 0.3) is 0 Å². The Kier molecular flexibility index (Phi) is 4.24. The first-order valence-corrected chi connectivity index (χ1v) is 4.99. The molecule has 0 spiro atoms. The van der Waals surface area contributed by atoms with Crippen LogP contribution in [0.15, 0.2) is 34.4 Å². The van der Waals surface area contributed by atoms with Crippen LogP contribution < -0.4 is 0 Å². The first kappa shape index (κ1) is 11.7. The number of hydrogen-bond donors (Lipinski definition) is 0. The molecule has 1 aromatic rings. The van der Waals surface area contributed by atoms with E-state index in [1.165, 1.54) is 5.56 Å². The highest BCUT2D eigenvalue weighted by Crippen LogP contribution is 2.12. The minimum atomic E-state index is 0.125. The summed E-state index contributed by atoms with van der Waals surface area (Å²) < 4.78 is 0. The maximum Gasteiger partial charge on any atom is 0.105 e. The van der Waals surface area contributed by atoms with E-state index in [4.69, 9.17) is 17.5 Å². The molecule has 1 rings (SSSR count). The zero-order valence-electron chi connectivity index (χ0n) is 9.02. The molecular weight excluding hydrogens is 208 g/mol. The number of nitrogens with zero attached hydrogens (tertiary/aromatic N) is 2. The van der Waals surface area contributed by atoms with Gasteiger partial charge in [0, 0.05) is 0 Å². The fourth-order valence-electron chi connectivity index (χ4n) is 0.875. The summed E-state index contributed by atoms with van der Waals surface area (Å²) in [5.41, 5.74) is 2.76. The van der Waals surface area contributed by atoms with Crippen molar-refractivity contribution in [2.45, 2.75) is 20.8 Å². The SMILES string of the molecule is CC(C)=NOC([S-])=Nc1ccc(C)cc1. The average molecular weight is 221 g/mol. The Morgan fingerprint density at radius 1 is 1.20 bits per heavy atom. The van der Waals surface area contributed by atoms with Gasteiger partial charge in [-0.25, -0.2) is 4.99 Å². The average Bonchev–Trinajstić information content (AvgIpc) is 2.19. The van der Waals surface area contributed by atoms with E-state index in [9.17, 15) is 0 Å². The Labute approximate surface area is 95.3 Å². The molecule has 0 N–H and O–H groups in total. The third kappa shape index (κ3) is 4.56. The highest BCUT2D eigenvalue weighted by molar-refractivity contribution is 7.76. The van der Waals surface area contributed by atoms with Crippen molar-refractivity contribution < 1.29 is 4.84 Å². The summed E-state index contributed by atoms with van der Waals surface area (Å²) in [6.45, 7) is 5.67.